The molecule has 0 atom stereocenters. The monoisotopic (exact) mass is 215 g/mol. The van der Waals surface area contributed by atoms with E-state index in [4.69, 9.17) is 17.3 Å². The first kappa shape index (κ1) is 11.0. The van der Waals surface area contributed by atoms with Crippen LogP contribution in [0.4, 0.5) is 0 Å². The SMILES string of the molecule is CCCCn1nc(C)c(C(N)=O)c1Cl. The number of amides is 1. The molecule has 0 saturated heterocycles. The molecule has 0 spiro atoms. The first-order valence-corrected chi connectivity index (χ1v) is 4.98. The van der Waals surface area contributed by atoms with E-state index in [1.54, 1.807) is 11.6 Å². The maximum absolute atomic E-state index is 11.0. The maximum atomic E-state index is 11.0. The highest BCUT2D eigenvalue weighted by Gasteiger charge is 2.17. The molecule has 0 radical (unpaired) electrons. The van der Waals surface area contributed by atoms with Crippen LogP contribution in [-0.2, 0) is 6.54 Å². The standard InChI is InChI=1S/C9H14ClN3O/c1-3-4-5-13-8(10)7(9(11)14)6(2)12-13/h3-5H2,1-2H3,(H2,11,14). The number of aromatic nitrogens is 2. The minimum Gasteiger partial charge on any atom is -0.365 e. The lowest BCUT2D eigenvalue weighted by atomic mass is 10.2. The Morgan fingerprint density at radius 2 is 2.29 bits per heavy atom. The van der Waals surface area contributed by atoms with E-state index in [-0.39, 0.29) is 0 Å². The Labute approximate surface area is 88.0 Å². The van der Waals surface area contributed by atoms with E-state index in [2.05, 4.69) is 12.0 Å². The van der Waals surface area contributed by atoms with Crippen LogP contribution in [0.2, 0.25) is 5.15 Å². The molecule has 1 aromatic heterocycles. The Morgan fingerprint density at radius 3 is 2.71 bits per heavy atom. The third-order valence-corrected chi connectivity index (χ3v) is 2.42. The Balaban J connectivity index is 2.98. The van der Waals surface area contributed by atoms with Gasteiger partial charge in [0, 0.05) is 6.54 Å². The van der Waals surface area contributed by atoms with Crippen molar-refractivity contribution in [3.05, 3.63) is 16.4 Å². The summed E-state index contributed by atoms with van der Waals surface area (Å²) in [6.07, 6.45) is 2.04. The zero-order chi connectivity index (χ0) is 10.7. The number of halogens is 1. The molecule has 0 saturated carbocycles. The number of carbonyl (C=O) groups excluding carboxylic acids is 1. The zero-order valence-corrected chi connectivity index (χ0v) is 9.14. The molecule has 5 heteroatoms. The van der Waals surface area contributed by atoms with Gasteiger partial charge in [-0.1, -0.05) is 24.9 Å². The first-order valence-electron chi connectivity index (χ1n) is 4.60. The van der Waals surface area contributed by atoms with E-state index in [0.717, 1.165) is 19.4 Å². The number of nitrogens with two attached hydrogens (primary N) is 1. The fourth-order valence-electron chi connectivity index (χ4n) is 1.29. The first-order chi connectivity index (χ1) is 6.57. The third-order valence-electron chi connectivity index (χ3n) is 2.04. The molecule has 1 heterocycles. The third kappa shape index (κ3) is 2.07. The summed E-state index contributed by atoms with van der Waals surface area (Å²) < 4.78 is 1.63. The van der Waals surface area contributed by atoms with Gasteiger partial charge in [-0.2, -0.15) is 5.10 Å². The molecular weight excluding hydrogens is 202 g/mol. The minimum atomic E-state index is -0.518. The van der Waals surface area contributed by atoms with Crippen molar-refractivity contribution in [2.45, 2.75) is 33.2 Å². The fourth-order valence-corrected chi connectivity index (χ4v) is 1.64. The van der Waals surface area contributed by atoms with Crippen molar-refractivity contribution in [3.8, 4) is 0 Å². The molecule has 0 aliphatic carbocycles. The lowest BCUT2D eigenvalue weighted by molar-refractivity contribution is 0.1000. The van der Waals surface area contributed by atoms with Crippen molar-refractivity contribution >= 4 is 17.5 Å². The predicted molar refractivity (Wildman–Crippen MR) is 55.4 cm³/mol. The molecule has 14 heavy (non-hydrogen) atoms. The molecule has 2 N–H and O–H groups in total. The largest absolute Gasteiger partial charge is 0.365 e. The van der Waals surface area contributed by atoms with Crippen LogP contribution >= 0.6 is 11.6 Å². The van der Waals surface area contributed by atoms with Gasteiger partial charge in [0.2, 0.25) is 0 Å². The molecule has 0 aliphatic rings. The second kappa shape index (κ2) is 4.46. The molecule has 0 fully saturated rings. The van der Waals surface area contributed by atoms with Crippen LogP contribution in [0.1, 0.15) is 35.8 Å². The number of aryl methyl sites for hydroxylation is 2. The van der Waals surface area contributed by atoms with Gasteiger partial charge in [0.05, 0.1) is 11.3 Å². The van der Waals surface area contributed by atoms with Gasteiger partial charge in [0.15, 0.2) is 0 Å². The molecule has 1 amide bonds. The summed E-state index contributed by atoms with van der Waals surface area (Å²) >= 11 is 5.96. The molecule has 0 aromatic carbocycles. The molecule has 0 bridgehead atoms. The smallest absolute Gasteiger partial charge is 0.253 e. The average molecular weight is 216 g/mol. The number of hydrogen-bond acceptors (Lipinski definition) is 2. The number of nitrogens with zero attached hydrogens (tertiary/aromatic N) is 2. The lowest BCUT2D eigenvalue weighted by Crippen LogP contribution is -2.12. The van der Waals surface area contributed by atoms with Gasteiger partial charge in [-0.25, -0.2) is 0 Å². The molecule has 0 unspecified atom stereocenters. The highest BCUT2D eigenvalue weighted by atomic mass is 35.5. The normalized spacial score (nSPS) is 10.5. The highest BCUT2D eigenvalue weighted by molar-refractivity contribution is 6.33. The fraction of sp³-hybridized carbons (Fsp3) is 0.556. The molecule has 0 aliphatic heterocycles. The summed E-state index contributed by atoms with van der Waals surface area (Å²) in [6, 6.07) is 0. The van der Waals surface area contributed by atoms with E-state index in [1.165, 1.54) is 0 Å². The van der Waals surface area contributed by atoms with Crippen molar-refractivity contribution < 1.29 is 4.79 Å². The predicted octanol–water partition coefficient (Wildman–Crippen LogP) is 1.74. The van der Waals surface area contributed by atoms with E-state index < -0.39 is 5.91 Å². The lowest BCUT2D eigenvalue weighted by Gasteiger charge is -2.00. The van der Waals surface area contributed by atoms with Crippen LogP contribution in [0.15, 0.2) is 0 Å². The average Bonchev–Trinajstić information content (AvgIpc) is 2.38. The van der Waals surface area contributed by atoms with Crippen molar-refractivity contribution in [3.63, 3.8) is 0 Å². The molecule has 4 nitrogen and oxygen atoms in total. The second-order valence-electron chi connectivity index (χ2n) is 3.19. The number of unbranched alkanes of at least 4 members (excludes halogenated alkanes) is 1. The van der Waals surface area contributed by atoms with Gasteiger partial charge in [-0.15, -0.1) is 0 Å². The summed E-state index contributed by atoms with van der Waals surface area (Å²) in [7, 11) is 0. The van der Waals surface area contributed by atoms with Gasteiger partial charge < -0.3 is 5.73 Å². The van der Waals surface area contributed by atoms with Gasteiger partial charge >= 0.3 is 0 Å². The summed E-state index contributed by atoms with van der Waals surface area (Å²) in [5.74, 6) is -0.518. The topological polar surface area (TPSA) is 60.9 Å². The van der Waals surface area contributed by atoms with E-state index in [9.17, 15) is 4.79 Å². The quantitative estimate of drug-likeness (QED) is 0.832. The number of carbonyl (C=O) groups is 1. The van der Waals surface area contributed by atoms with Crippen LogP contribution in [0.25, 0.3) is 0 Å². The van der Waals surface area contributed by atoms with Gasteiger partial charge in [-0.05, 0) is 13.3 Å². The van der Waals surface area contributed by atoms with Crippen LogP contribution in [0.3, 0.4) is 0 Å². The van der Waals surface area contributed by atoms with Crippen molar-refractivity contribution in [2.24, 2.45) is 5.73 Å². The maximum Gasteiger partial charge on any atom is 0.253 e. The molecule has 78 valence electrons. The van der Waals surface area contributed by atoms with Crippen molar-refractivity contribution in [1.82, 2.24) is 9.78 Å². The van der Waals surface area contributed by atoms with Gasteiger partial charge in [-0.3, -0.25) is 9.48 Å². The molecule has 1 aromatic rings. The Hall–Kier alpha value is -1.03. The number of hydrogen-bond donors (Lipinski definition) is 1. The Bertz CT molecular complexity index is 346. The van der Waals surface area contributed by atoms with Crippen molar-refractivity contribution in [2.75, 3.05) is 0 Å². The molecule has 1 rings (SSSR count). The minimum absolute atomic E-state index is 0.336. The van der Waals surface area contributed by atoms with E-state index in [1.807, 2.05) is 0 Å². The second-order valence-corrected chi connectivity index (χ2v) is 3.55. The molecular formula is C9H14ClN3O. The van der Waals surface area contributed by atoms with Crippen LogP contribution in [0, 0.1) is 6.92 Å². The number of rotatable bonds is 4. The van der Waals surface area contributed by atoms with Crippen LogP contribution in [0.5, 0.6) is 0 Å². The summed E-state index contributed by atoms with van der Waals surface area (Å²) in [4.78, 5) is 11.0. The Morgan fingerprint density at radius 1 is 1.64 bits per heavy atom. The van der Waals surface area contributed by atoms with Gasteiger partial charge in [0.25, 0.3) is 5.91 Å². The summed E-state index contributed by atoms with van der Waals surface area (Å²) in [6.45, 7) is 4.54. The summed E-state index contributed by atoms with van der Waals surface area (Å²) in [5.41, 5.74) is 6.11. The van der Waals surface area contributed by atoms with Gasteiger partial charge in [0.1, 0.15) is 5.15 Å². The van der Waals surface area contributed by atoms with E-state index >= 15 is 0 Å². The zero-order valence-electron chi connectivity index (χ0n) is 8.38. The van der Waals surface area contributed by atoms with Crippen LogP contribution in [-0.4, -0.2) is 15.7 Å². The van der Waals surface area contributed by atoms with Crippen LogP contribution < -0.4 is 5.73 Å². The Kier molecular flexibility index (Phi) is 3.52. The van der Waals surface area contributed by atoms with Crippen molar-refractivity contribution in [1.29, 1.82) is 0 Å². The van der Waals surface area contributed by atoms with E-state index in [0.29, 0.717) is 16.4 Å². The summed E-state index contributed by atoms with van der Waals surface area (Å²) in [5, 5.41) is 4.50. The highest BCUT2D eigenvalue weighted by Crippen LogP contribution is 2.19. The number of primary amides is 1.